The van der Waals surface area contributed by atoms with Gasteiger partial charge in [0.25, 0.3) is 0 Å². The van der Waals surface area contributed by atoms with Crippen molar-refractivity contribution in [1.29, 1.82) is 0 Å². The van der Waals surface area contributed by atoms with E-state index in [1.807, 2.05) is 31.2 Å². The molecule has 0 aliphatic heterocycles. The van der Waals surface area contributed by atoms with Crippen LogP contribution in [0.1, 0.15) is 11.1 Å². The molecule has 0 unspecified atom stereocenters. The fourth-order valence-corrected chi connectivity index (χ4v) is 1.47. The molecule has 0 bridgehead atoms. The number of anilines is 1. The predicted molar refractivity (Wildman–Crippen MR) is 76.5 cm³/mol. The molecule has 0 heterocycles. The van der Waals surface area contributed by atoms with Crippen molar-refractivity contribution in [3.05, 3.63) is 65.2 Å². The number of nitrogens with one attached hydrogen (secondary N) is 1. The molecule has 0 saturated carbocycles. The summed E-state index contributed by atoms with van der Waals surface area (Å²) >= 11 is 0. The van der Waals surface area contributed by atoms with E-state index in [2.05, 4.69) is 22.4 Å². The molecule has 2 rings (SSSR count). The molecule has 2 aromatic carbocycles. The summed E-state index contributed by atoms with van der Waals surface area (Å²) < 4.78 is 26.1. The van der Waals surface area contributed by atoms with Gasteiger partial charge in [0.15, 0.2) is 0 Å². The van der Waals surface area contributed by atoms with Gasteiger partial charge in [-0.25, -0.2) is 8.78 Å². The van der Waals surface area contributed by atoms with Crippen molar-refractivity contribution >= 4 is 11.9 Å². The van der Waals surface area contributed by atoms with Gasteiger partial charge in [0.1, 0.15) is 11.6 Å². The van der Waals surface area contributed by atoms with Gasteiger partial charge in [-0.3, -0.25) is 5.43 Å². The molecule has 2 nitrogen and oxygen atoms in total. The van der Waals surface area contributed by atoms with Crippen LogP contribution in [0.3, 0.4) is 0 Å². The molecule has 1 N–H and O–H groups in total. The number of hydrogen-bond donors (Lipinski definition) is 1. The van der Waals surface area contributed by atoms with E-state index < -0.39 is 11.6 Å². The highest BCUT2D eigenvalue weighted by atomic mass is 19.1. The maximum Gasteiger partial charge on any atom is 0.148 e. The summed E-state index contributed by atoms with van der Waals surface area (Å²) in [6, 6.07) is 10.8. The molecule has 20 heavy (non-hydrogen) atoms. The van der Waals surface area contributed by atoms with E-state index in [1.54, 1.807) is 0 Å². The van der Waals surface area contributed by atoms with Gasteiger partial charge in [-0.1, -0.05) is 23.6 Å². The zero-order chi connectivity index (χ0) is 14.4. The molecule has 0 amide bonds. The Morgan fingerprint density at radius 3 is 2.60 bits per heavy atom. The summed E-state index contributed by atoms with van der Waals surface area (Å²) in [5.41, 5.74) is 4.39. The van der Waals surface area contributed by atoms with E-state index >= 15 is 0 Å². The van der Waals surface area contributed by atoms with Crippen LogP contribution in [0.2, 0.25) is 0 Å². The highest BCUT2D eigenvalue weighted by Gasteiger charge is 2.01. The van der Waals surface area contributed by atoms with E-state index in [-0.39, 0.29) is 5.69 Å². The third-order valence-electron chi connectivity index (χ3n) is 2.51. The molecule has 0 aromatic heterocycles. The van der Waals surface area contributed by atoms with E-state index in [1.165, 1.54) is 6.21 Å². The standard InChI is InChI=1S/C16H12F2N2/c1-12-4-6-13(7-5-12)3-2-10-19-20-16-11-14(17)8-9-15(16)18/h4-11,20H,1H3/b19-10-. The molecule has 0 aliphatic rings. The quantitative estimate of drug-likeness (QED) is 0.502. The number of benzene rings is 2. The Balaban J connectivity index is 1.98. The molecule has 0 fully saturated rings. The first-order valence-electron chi connectivity index (χ1n) is 5.96. The van der Waals surface area contributed by atoms with Gasteiger partial charge in [0.2, 0.25) is 0 Å². The number of halogens is 2. The minimum Gasteiger partial charge on any atom is -0.275 e. The molecule has 100 valence electrons. The second kappa shape index (κ2) is 6.48. The van der Waals surface area contributed by atoms with Crippen LogP contribution in [-0.2, 0) is 0 Å². The monoisotopic (exact) mass is 270 g/mol. The second-order valence-electron chi connectivity index (χ2n) is 4.13. The zero-order valence-electron chi connectivity index (χ0n) is 10.8. The van der Waals surface area contributed by atoms with Crippen LogP contribution < -0.4 is 5.43 Å². The third-order valence-corrected chi connectivity index (χ3v) is 2.51. The Bertz CT molecular complexity index is 680. The minimum absolute atomic E-state index is 0.0293. The van der Waals surface area contributed by atoms with E-state index in [4.69, 9.17) is 0 Å². The molecular weight excluding hydrogens is 258 g/mol. The largest absolute Gasteiger partial charge is 0.275 e. The van der Waals surface area contributed by atoms with Crippen LogP contribution in [0.5, 0.6) is 0 Å². The number of nitrogens with zero attached hydrogens (tertiary/aromatic N) is 1. The summed E-state index contributed by atoms with van der Waals surface area (Å²) in [5.74, 6) is 4.48. The van der Waals surface area contributed by atoms with Gasteiger partial charge in [0, 0.05) is 11.6 Å². The van der Waals surface area contributed by atoms with Crippen LogP contribution in [0, 0.1) is 30.4 Å². The van der Waals surface area contributed by atoms with Crippen molar-refractivity contribution in [3.8, 4) is 11.8 Å². The molecule has 4 heteroatoms. The van der Waals surface area contributed by atoms with Crippen LogP contribution in [0.25, 0.3) is 0 Å². The third kappa shape index (κ3) is 3.92. The topological polar surface area (TPSA) is 24.4 Å². The number of rotatable bonds is 2. The van der Waals surface area contributed by atoms with E-state index in [0.717, 1.165) is 29.3 Å². The molecular formula is C16H12F2N2. The van der Waals surface area contributed by atoms with E-state index in [0.29, 0.717) is 0 Å². The Labute approximate surface area is 116 Å². The first-order chi connectivity index (χ1) is 9.65. The van der Waals surface area contributed by atoms with Gasteiger partial charge in [-0.05, 0) is 37.1 Å². The van der Waals surface area contributed by atoms with Crippen LogP contribution >= 0.6 is 0 Å². The lowest BCUT2D eigenvalue weighted by molar-refractivity contribution is 0.603. The summed E-state index contributed by atoms with van der Waals surface area (Å²) in [6.45, 7) is 2.00. The van der Waals surface area contributed by atoms with E-state index in [9.17, 15) is 8.78 Å². The number of aryl methyl sites for hydroxylation is 1. The number of hydrazone groups is 1. The first kappa shape index (κ1) is 13.8. The van der Waals surface area contributed by atoms with Gasteiger partial charge < -0.3 is 0 Å². The van der Waals surface area contributed by atoms with Gasteiger partial charge in [-0.2, -0.15) is 5.10 Å². The summed E-state index contributed by atoms with van der Waals surface area (Å²) in [6.07, 6.45) is 1.30. The molecule has 0 atom stereocenters. The van der Waals surface area contributed by atoms with Crippen molar-refractivity contribution in [2.24, 2.45) is 5.10 Å². The molecule has 0 spiro atoms. The van der Waals surface area contributed by atoms with Gasteiger partial charge in [-0.15, -0.1) is 0 Å². The van der Waals surface area contributed by atoms with Crippen molar-refractivity contribution in [3.63, 3.8) is 0 Å². The fourth-order valence-electron chi connectivity index (χ4n) is 1.47. The maximum absolute atomic E-state index is 13.2. The smallest absolute Gasteiger partial charge is 0.148 e. The number of hydrogen-bond acceptors (Lipinski definition) is 2. The fraction of sp³-hybridized carbons (Fsp3) is 0.0625. The van der Waals surface area contributed by atoms with Crippen LogP contribution in [0.15, 0.2) is 47.6 Å². The molecule has 2 aromatic rings. The highest BCUT2D eigenvalue weighted by Crippen LogP contribution is 2.14. The van der Waals surface area contributed by atoms with Crippen LogP contribution in [0.4, 0.5) is 14.5 Å². The Kier molecular flexibility index (Phi) is 4.46. The minimum atomic E-state index is -0.574. The van der Waals surface area contributed by atoms with Crippen molar-refractivity contribution in [2.45, 2.75) is 6.92 Å². The van der Waals surface area contributed by atoms with Crippen molar-refractivity contribution < 1.29 is 8.78 Å². The Morgan fingerprint density at radius 2 is 1.85 bits per heavy atom. The SMILES string of the molecule is Cc1ccc(C#C/C=N\Nc2cc(F)ccc2F)cc1. The lowest BCUT2D eigenvalue weighted by atomic mass is 10.2. The summed E-state index contributed by atoms with van der Waals surface area (Å²) in [5, 5.41) is 3.72. The zero-order valence-corrected chi connectivity index (χ0v) is 10.8. The van der Waals surface area contributed by atoms with Crippen molar-refractivity contribution in [1.82, 2.24) is 0 Å². The van der Waals surface area contributed by atoms with Gasteiger partial charge in [0.05, 0.1) is 11.9 Å². The Hall–Kier alpha value is -2.67. The first-order valence-corrected chi connectivity index (χ1v) is 5.96. The normalized spacial score (nSPS) is 10.2. The van der Waals surface area contributed by atoms with Crippen molar-refractivity contribution in [2.75, 3.05) is 5.43 Å². The lowest BCUT2D eigenvalue weighted by Crippen LogP contribution is -1.93. The second-order valence-corrected chi connectivity index (χ2v) is 4.13. The van der Waals surface area contributed by atoms with Crippen LogP contribution in [-0.4, -0.2) is 6.21 Å². The maximum atomic E-state index is 13.2. The Morgan fingerprint density at radius 1 is 1.10 bits per heavy atom. The molecule has 0 aliphatic carbocycles. The lowest BCUT2D eigenvalue weighted by Gasteiger charge is -2.00. The average Bonchev–Trinajstić information content (AvgIpc) is 2.44. The molecule has 0 radical (unpaired) electrons. The summed E-state index contributed by atoms with van der Waals surface area (Å²) in [4.78, 5) is 0. The molecule has 0 saturated heterocycles. The predicted octanol–water partition coefficient (Wildman–Crippen LogP) is 3.72. The highest BCUT2D eigenvalue weighted by molar-refractivity contribution is 5.79. The summed E-state index contributed by atoms with van der Waals surface area (Å²) in [7, 11) is 0. The average molecular weight is 270 g/mol. The van der Waals surface area contributed by atoms with Gasteiger partial charge >= 0.3 is 0 Å².